The number of likely N-dealkylation sites (N-methyl/N-ethyl adjacent to an activating group) is 1. The Labute approximate surface area is 124 Å². The molecule has 0 saturated carbocycles. The second-order valence-electron chi connectivity index (χ2n) is 5.91. The lowest BCUT2D eigenvalue weighted by Crippen LogP contribution is -2.55. The van der Waals surface area contributed by atoms with Crippen molar-refractivity contribution in [3.8, 4) is 0 Å². The maximum atomic E-state index is 3.76. The Morgan fingerprint density at radius 3 is 2.58 bits per heavy atom. The van der Waals surface area contributed by atoms with Crippen LogP contribution in [0.25, 0.3) is 0 Å². The summed E-state index contributed by atoms with van der Waals surface area (Å²) < 4.78 is 1.24. The Morgan fingerprint density at radius 2 is 1.89 bits per heavy atom. The van der Waals surface area contributed by atoms with Gasteiger partial charge in [-0.3, -0.25) is 4.90 Å². The zero-order chi connectivity index (χ0) is 13.6. The molecule has 2 heterocycles. The SMILES string of the molecule is C[C@@H]1CN(c2cc3c(cc2Br)CCN3)C[C@H](C)N1C. The molecule has 4 heteroatoms. The average Bonchev–Trinajstić information content (AvgIpc) is 2.81. The predicted molar refractivity (Wildman–Crippen MR) is 85.2 cm³/mol. The topological polar surface area (TPSA) is 18.5 Å². The molecule has 0 amide bonds. The Morgan fingerprint density at radius 1 is 1.21 bits per heavy atom. The monoisotopic (exact) mass is 323 g/mol. The van der Waals surface area contributed by atoms with Crippen molar-refractivity contribution in [2.45, 2.75) is 32.4 Å². The number of halogens is 1. The van der Waals surface area contributed by atoms with E-state index in [9.17, 15) is 0 Å². The highest BCUT2D eigenvalue weighted by Crippen LogP contribution is 2.36. The molecule has 0 radical (unpaired) electrons. The molecule has 1 saturated heterocycles. The number of hydrogen-bond donors (Lipinski definition) is 1. The molecule has 19 heavy (non-hydrogen) atoms. The van der Waals surface area contributed by atoms with Gasteiger partial charge >= 0.3 is 0 Å². The van der Waals surface area contributed by atoms with Gasteiger partial charge in [0.15, 0.2) is 0 Å². The predicted octanol–water partition coefficient (Wildman–Crippen LogP) is 2.95. The summed E-state index contributed by atoms with van der Waals surface area (Å²) in [6, 6.07) is 5.80. The second kappa shape index (κ2) is 4.98. The smallest absolute Gasteiger partial charge is 0.0532 e. The summed E-state index contributed by atoms with van der Waals surface area (Å²) in [6.45, 7) is 7.88. The number of nitrogens with zero attached hydrogens (tertiary/aromatic N) is 2. The summed E-state index contributed by atoms with van der Waals surface area (Å²) in [6.07, 6.45) is 1.14. The van der Waals surface area contributed by atoms with Crippen LogP contribution in [-0.4, -0.2) is 43.7 Å². The second-order valence-corrected chi connectivity index (χ2v) is 6.76. The molecule has 2 aliphatic heterocycles. The van der Waals surface area contributed by atoms with E-state index >= 15 is 0 Å². The maximum Gasteiger partial charge on any atom is 0.0532 e. The summed E-state index contributed by atoms with van der Waals surface area (Å²) in [5, 5.41) is 3.48. The van der Waals surface area contributed by atoms with Crippen LogP contribution in [0.4, 0.5) is 11.4 Å². The van der Waals surface area contributed by atoms with Crippen molar-refractivity contribution in [3.63, 3.8) is 0 Å². The van der Waals surface area contributed by atoms with Crippen molar-refractivity contribution in [3.05, 3.63) is 22.2 Å². The van der Waals surface area contributed by atoms with Crippen LogP contribution in [-0.2, 0) is 6.42 Å². The van der Waals surface area contributed by atoms with E-state index < -0.39 is 0 Å². The molecule has 1 aromatic carbocycles. The quantitative estimate of drug-likeness (QED) is 0.857. The molecular weight excluding hydrogens is 302 g/mol. The van der Waals surface area contributed by atoms with Crippen LogP contribution in [0.5, 0.6) is 0 Å². The molecule has 0 bridgehead atoms. The third-order valence-corrected chi connectivity index (χ3v) is 5.22. The number of fused-ring (bicyclic) bond motifs is 1. The lowest BCUT2D eigenvalue weighted by atomic mass is 10.1. The molecule has 2 atom stereocenters. The molecule has 1 fully saturated rings. The summed E-state index contributed by atoms with van der Waals surface area (Å²) in [5.41, 5.74) is 4.09. The fourth-order valence-corrected chi connectivity index (χ4v) is 3.79. The van der Waals surface area contributed by atoms with Gasteiger partial charge in [0.25, 0.3) is 0 Å². The van der Waals surface area contributed by atoms with Crippen LogP contribution < -0.4 is 10.2 Å². The number of anilines is 2. The summed E-state index contributed by atoms with van der Waals surface area (Å²) in [4.78, 5) is 4.98. The van der Waals surface area contributed by atoms with Gasteiger partial charge in [-0.1, -0.05) is 0 Å². The van der Waals surface area contributed by atoms with Crippen molar-refractivity contribution in [1.82, 2.24) is 4.90 Å². The highest BCUT2D eigenvalue weighted by molar-refractivity contribution is 9.10. The van der Waals surface area contributed by atoms with Crippen molar-refractivity contribution >= 4 is 27.3 Å². The van der Waals surface area contributed by atoms with Crippen LogP contribution in [0, 0.1) is 0 Å². The number of benzene rings is 1. The van der Waals surface area contributed by atoms with E-state index in [4.69, 9.17) is 0 Å². The Kier molecular flexibility index (Phi) is 3.48. The molecule has 3 rings (SSSR count). The first-order valence-corrected chi connectivity index (χ1v) is 7.88. The van der Waals surface area contributed by atoms with Crippen LogP contribution in [0.2, 0.25) is 0 Å². The van der Waals surface area contributed by atoms with Gasteiger partial charge in [-0.05, 0) is 60.9 Å². The van der Waals surface area contributed by atoms with E-state index in [1.54, 1.807) is 0 Å². The summed E-state index contributed by atoms with van der Waals surface area (Å²) in [7, 11) is 2.23. The van der Waals surface area contributed by atoms with Gasteiger partial charge in [-0.2, -0.15) is 0 Å². The molecule has 3 nitrogen and oxygen atoms in total. The molecule has 2 aliphatic rings. The van der Waals surface area contributed by atoms with Gasteiger partial charge in [0.2, 0.25) is 0 Å². The zero-order valence-corrected chi connectivity index (χ0v) is 13.5. The number of rotatable bonds is 1. The van der Waals surface area contributed by atoms with Gasteiger partial charge in [0.05, 0.1) is 5.69 Å². The van der Waals surface area contributed by atoms with Crippen LogP contribution in [0.3, 0.4) is 0 Å². The van der Waals surface area contributed by atoms with Crippen LogP contribution >= 0.6 is 15.9 Å². The zero-order valence-electron chi connectivity index (χ0n) is 11.9. The van der Waals surface area contributed by atoms with E-state index in [-0.39, 0.29) is 0 Å². The molecule has 0 spiro atoms. The lowest BCUT2D eigenvalue weighted by Gasteiger charge is -2.43. The van der Waals surface area contributed by atoms with E-state index in [0.717, 1.165) is 26.1 Å². The Bertz CT molecular complexity index is 477. The van der Waals surface area contributed by atoms with E-state index in [1.165, 1.54) is 21.4 Å². The minimum atomic E-state index is 0.594. The number of nitrogens with one attached hydrogen (secondary N) is 1. The molecule has 0 aliphatic carbocycles. The minimum Gasteiger partial charge on any atom is -0.384 e. The third-order valence-electron chi connectivity index (χ3n) is 4.58. The van der Waals surface area contributed by atoms with Crippen LogP contribution in [0.15, 0.2) is 16.6 Å². The number of piperazine rings is 1. The highest BCUT2D eigenvalue weighted by Gasteiger charge is 2.28. The van der Waals surface area contributed by atoms with Crippen LogP contribution in [0.1, 0.15) is 19.4 Å². The first kappa shape index (κ1) is 13.3. The Hall–Kier alpha value is -0.740. The Balaban J connectivity index is 1.90. The maximum absolute atomic E-state index is 3.76. The van der Waals surface area contributed by atoms with E-state index in [2.05, 4.69) is 64.1 Å². The first-order valence-electron chi connectivity index (χ1n) is 7.09. The number of hydrogen-bond acceptors (Lipinski definition) is 3. The fourth-order valence-electron chi connectivity index (χ4n) is 3.15. The van der Waals surface area contributed by atoms with E-state index in [0.29, 0.717) is 12.1 Å². The van der Waals surface area contributed by atoms with Crippen molar-refractivity contribution in [2.75, 3.05) is 36.9 Å². The fraction of sp³-hybridized carbons (Fsp3) is 0.600. The summed E-state index contributed by atoms with van der Waals surface area (Å²) in [5.74, 6) is 0. The molecule has 0 aromatic heterocycles. The first-order chi connectivity index (χ1) is 9.06. The molecule has 0 unspecified atom stereocenters. The van der Waals surface area contributed by atoms with Gasteiger partial charge in [0.1, 0.15) is 0 Å². The van der Waals surface area contributed by atoms with Gasteiger partial charge in [-0.15, -0.1) is 0 Å². The van der Waals surface area contributed by atoms with Gasteiger partial charge < -0.3 is 10.2 Å². The third kappa shape index (κ3) is 2.36. The van der Waals surface area contributed by atoms with Crippen molar-refractivity contribution in [2.24, 2.45) is 0 Å². The summed E-state index contributed by atoms with van der Waals surface area (Å²) >= 11 is 3.76. The standard InChI is InChI=1S/C15H22BrN3/c1-10-8-19(9-11(2)18(10)3)15-7-14-12(4-5-17-14)6-13(15)16/h6-7,10-11,17H,4-5,8-9H2,1-3H3/t10-,11+. The molecule has 1 aromatic rings. The molecular formula is C15H22BrN3. The van der Waals surface area contributed by atoms with Gasteiger partial charge in [0, 0.05) is 41.9 Å². The van der Waals surface area contributed by atoms with Crippen molar-refractivity contribution in [1.29, 1.82) is 0 Å². The largest absolute Gasteiger partial charge is 0.384 e. The van der Waals surface area contributed by atoms with Crippen molar-refractivity contribution < 1.29 is 0 Å². The highest BCUT2D eigenvalue weighted by atomic mass is 79.9. The molecule has 104 valence electrons. The van der Waals surface area contributed by atoms with Gasteiger partial charge in [-0.25, -0.2) is 0 Å². The average molecular weight is 324 g/mol. The molecule has 1 N–H and O–H groups in total. The minimum absolute atomic E-state index is 0.594. The lowest BCUT2D eigenvalue weighted by molar-refractivity contribution is 0.170. The van der Waals surface area contributed by atoms with E-state index in [1.807, 2.05) is 0 Å². The normalized spacial score (nSPS) is 27.3.